The quantitative estimate of drug-likeness (QED) is 0.757. The first-order valence-electron chi connectivity index (χ1n) is 9.91. The summed E-state index contributed by atoms with van der Waals surface area (Å²) in [4.78, 5) is 29.8. The minimum Gasteiger partial charge on any atom is -0.351 e. The molecule has 5 nitrogen and oxygen atoms in total. The third-order valence-corrected chi connectivity index (χ3v) is 5.89. The van der Waals surface area contributed by atoms with Gasteiger partial charge in [0, 0.05) is 24.4 Å². The molecule has 1 fully saturated rings. The van der Waals surface area contributed by atoms with Crippen molar-refractivity contribution in [1.82, 2.24) is 14.7 Å². The Hall–Kier alpha value is -2.95. The van der Waals surface area contributed by atoms with Gasteiger partial charge >= 0.3 is 0 Å². The zero-order chi connectivity index (χ0) is 19.6. The number of rotatable bonds is 4. The van der Waals surface area contributed by atoms with E-state index >= 15 is 0 Å². The van der Waals surface area contributed by atoms with Gasteiger partial charge in [0.2, 0.25) is 0 Å². The van der Waals surface area contributed by atoms with Gasteiger partial charge < -0.3 is 5.32 Å². The molecule has 0 saturated heterocycles. The fourth-order valence-corrected chi connectivity index (χ4v) is 4.30. The van der Waals surface area contributed by atoms with E-state index < -0.39 is 0 Å². The summed E-state index contributed by atoms with van der Waals surface area (Å²) < 4.78 is 1.41. The summed E-state index contributed by atoms with van der Waals surface area (Å²) in [5, 5.41) is 3.04. The van der Waals surface area contributed by atoms with E-state index in [0.717, 1.165) is 25.7 Å². The van der Waals surface area contributed by atoms with E-state index in [9.17, 15) is 9.59 Å². The third-order valence-electron chi connectivity index (χ3n) is 5.89. The van der Waals surface area contributed by atoms with Gasteiger partial charge in [0.05, 0.1) is 0 Å². The van der Waals surface area contributed by atoms with Gasteiger partial charge in [-0.15, -0.1) is 0 Å². The molecule has 144 valence electrons. The smallest absolute Gasteiger partial charge is 0.270 e. The Morgan fingerprint density at radius 2 is 1.96 bits per heavy atom. The van der Waals surface area contributed by atoms with E-state index in [1.54, 1.807) is 18.3 Å². The second-order valence-electron chi connectivity index (χ2n) is 7.80. The molecular weight excluding hydrogens is 350 g/mol. The number of aryl methyl sites for hydroxylation is 1. The van der Waals surface area contributed by atoms with Gasteiger partial charge in [-0.05, 0) is 37.5 Å². The van der Waals surface area contributed by atoms with Gasteiger partial charge in [-0.3, -0.25) is 14.0 Å². The first kappa shape index (κ1) is 18.4. The number of nitrogens with zero attached hydrogens (tertiary/aromatic N) is 2. The molecule has 0 radical (unpaired) electrons. The lowest BCUT2D eigenvalue weighted by molar-refractivity contribution is 0.0934. The van der Waals surface area contributed by atoms with Crippen molar-refractivity contribution >= 4 is 11.6 Å². The average Bonchev–Trinajstić information content (AvgIpc) is 2.73. The van der Waals surface area contributed by atoms with Gasteiger partial charge in [0.25, 0.3) is 11.5 Å². The van der Waals surface area contributed by atoms with Crippen LogP contribution >= 0.6 is 0 Å². The average molecular weight is 375 g/mol. The summed E-state index contributed by atoms with van der Waals surface area (Å²) in [6.45, 7) is 2.63. The standard InChI is InChI=1S/C23H25N3O2/c1-17-8-7-9-18(14-17)23(11-4-2-5-12-23)16-25-21(27)19-15-24-20-10-3-6-13-26(20)22(19)28/h3,6-10,13-15H,2,4-5,11-12,16H2,1H3,(H,25,27). The maximum atomic E-state index is 12.8. The molecule has 2 aromatic heterocycles. The Kier molecular flexibility index (Phi) is 4.99. The van der Waals surface area contributed by atoms with Crippen LogP contribution < -0.4 is 10.9 Å². The van der Waals surface area contributed by atoms with Crippen LogP contribution in [-0.4, -0.2) is 21.8 Å². The Morgan fingerprint density at radius 1 is 1.14 bits per heavy atom. The molecule has 4 rings (SSSR count). The molecule has 0 aliphatic heterocycles. The summed E-state index contributed by atoms with van der Waals surface area (Å²) in [7, 11) is 0. The molecular formula is C23H25N3O2. The Bertz CT molecular complexity index is 1060. The normalized spacial score (nSPS) is 16.0. The van der Waals surface area contributed by atoms with E-state index in [2.05, 4.69) is 41.5 Å². The summed E-state index contributed by atoms with van der Waals surface area (Å²) in [6, 6.07) is 13.9. The van der Waals surface area contributed by atoms with Crippen molar-refractivity contribution in [3.8, 4) is 0 Å². The zero-order valence-electron chi connectivity index (χ0n) is 16.1. The van der Waals surface area contributed by atoms with Gasteiger partial charge in [0.1, 0.15) is 11.2 Å². The van der Waals surface area contributed by atoms with Crippen LogP contribution in [0.5, 0.6) is 0 Å². The molecule has 1 aliphatic rings. The van der Waals surface area contributed by atoms with E-state index in [0.29, 0.717) is 12.2 Å². The number of benzene rings is 1. The first-order valence-corrected chi connectivity index (χ1v) is 9.91. The lowest BCUT2D eigenvalue weighted by Gasteiger charge is -2.38. The van der Waals surface area contributed by atoms with Gasteiger partial charge in [0.15, 0.2) is 0 Å². The molecule has 1 aliphatic carbocycles. The van der Waals surface area contributed by atoms with Crippen molar-refractivity contribution in [2.75, 3.05) is 6.54 Å². The predicted molar refractivity (Wildman–Crippen MR) is 110 cm³/mol. The van der Waals surface area contributed by atoms with Crippen molar-refractivity contribution in [3.63, 3.8) is 0 Å². The molecule has 0 spiro atoms. The molecule has 1 saturated carbocycles. The number of hydrogen-bond acceptors (Lipinski definition) is 3. The van der Waals surface area contributed by atoms with Crippen molar-refractivity contribution in [3.05, 3.63) is 81.9 Å². The molecule has 3 aromatic rings. The van der Waals surface area contributed by atoms with Crippen LogP contribution in [0.3, 0.4) is 0 Å². The Balaban J connectivity index is 1.60. The fourth-order valence-electron chi connectivity index (χ4n) is 4.30. The van der Waals surface area contributed by atoms with Crippen LogP contribution in [0.2, 0.25) is 0 Å². The topological polar surface area (TPSA) is 63.5 Å². The minimum atomic E-state index is -0.353. The first-order chi connectivity index (χ1) is 13.6. The number of carbonyl (C=O) groups is 1. The highest BCUT2D eigenvalue weighted by Crippen LogP contribution is 2.39. The molecule has 0 atom stereocenters. The monoisotopic (exact) mass is 375 g/mol. The summed E-state index contributed by atoms with van der Waals surface area (Å²) >= 11 is 0. The second kappa shape index (κ2) is 7.58. The highest BCUT2D eigenvalue weighted by Gasteiger charge is 2.34. The number of fused-ring (bicyclic) bond motifs is 1. The molecule has 2 heterocycles. The highest BCUT2D eigenvalue weighted by molar-refractivity contribution is 5.93. The largest absolute Gasteiger partial charge is 0.351 e. The lowest BCUT2D eigenvalue weighted by Crippen LogP contribution is -2.43. The maximum absolute atomic E-state index is 12.8. The molecule has 0 unspecified atom stereocenters. The van der Waals surface area contributed by atoms with Crippen LogP contribution in [0.25, 0.3) is 5.65 Å². The van der Waals surface area contributed by atoms with Crippen molar-refractivity contribution in [2.45, 2.75) is 44.4 Å². The Morgan fingerprint density at radius 3 is 2.75 bits per heavy atom. The van der Waals surface area contributed by atoms with Gasteiger partial charge in [-0.25, -0.2) is 4.98 Å². The van der Waals surface area contributed by atoms with Crippen molar-refractivity contribution < 1.29 is 4.79 Å². The predicted octanol–water partition coefficient (Wildman–Crippen LogP) is 3.63. The Labute approximate surface area is 164 Å². The minimum absolute atomic E-state index is 0.0691. The van der Waals surface area contributed by atoms with E-state index in [1.165, 1.54) is 28.1 Å². The summed E-state index contributed by atoms with van der Waals surface area (Å²) in [5.41, 5.74) is 2.72. The van der Waals surface area contributed by atoms with Crippen LogP contribution in [0.1, 0.15) is 53.6 Å². The van der Waals surface area contributed by atoms with E-state index in [4.69, 9.17) is 0 Å². The second-order valence-corrected chi connectivity index (χ2v) is 7.80. The highest BCUT2D eigenvalue weighted by atomic mass is 16.2. The third kappa shape index (κ3) is 3.44. The van der Waals surface area contributed by atoms with Crippen molar-refractivity contribution in [1.29, 1.82) is 0 Å². The number of pyridine rings is 1. The van der Waals surface area contributed by atoms with Crippen molar-refractivity contribution in [2.24, 2.45) is 0 Å². The van der Waals surface area contributed by atoms with E-state index in [1.807, 2.05) is 6.07 Å². The van der Waals surface area contributed by atoms with Crippen LogP contribution in [0, 0.1) is 6.92 Å². The molecule has 5 heteroatoms. The molecule has 1 N–H and O–H groups in total. The molecule has 28 heavy (non-hydrogen) atoms. The van der Waals surface area contributed by atoms with Crippen LogP contribution in [0.15, 0.2) is 59.7 Å². The van der Waals surface area contributed by atoms with Gasteiger partial charge in [-0.2, -0.15) is 0 Å². The zero-order valence-corrected chi connectivity index (χ0v) is 16.1. The maximum Gasteiger partial charge on any atom is 0.270 e. The number of amides is 1. The van der Waals surface area contributed by atoms with Crippen LogP contribution in [0.4, 0.5) is 0 Å². The number of aromatic nitrogens is 2. The van der Waals surface area contributed by atoms with Crippen LogP contribution in [-0.2, 0) is 5.41 Å². The van der Waals surface area contributed by atoms with E-state index in [-0.39, 0.29) is 22.4 Å². The lowest BCUT2D eigenvalue weighted by atomic mass is 9.69. The number of hydrogen-bond donors (Lipinski definition) is 1. The SMILES string of the molecule is Cc1cccc(C2(CNC(=O)c3cnc4ccccn4c3=O)CCCCC2)c1. The summed E-state index contributed by atoms with van der Waals surface area (Å²) in [5.74, 6) is -0.353. The fraction of sp³-hybridized carbons (Fsp3) is 0.348. The number of carbonyl (C=O) groups excluding carboxylic acids is 1. The molecule has 1 aromatic carbocycles. The number of nitrogens with one attached hydrogen (secondary N) is 1. The van der Waals surface area contributed by atoms with Gasteiger partial charge in [-0.1, -0.05) is 55.2 Å². The summed E-state index contributed by atoms with van der Waals surface area (Å²) in [6.07, 6.45) is 8.66. The molecule has 0 bridgehead atoms. The molecule has 1 amide bonds.